The van der Waals surface area contributed by atoms with Gasteiger partial charge in [0.15, 0.2) is 6.29 Å². The molecule has 0 aromatic carbocycles. The first-order valence-electron chi connectivity index (χ1n) is 6.68. The molecule has 0 spiro atoms. The molecule has 0 bridgehead atoms. The summed E-state index contributed by atoms with van der Waals surface area (Å²) in [6.45, 7) is 7.31. The minimum atomic E-state index is -0.00547. The van der Waals surface area contributed by atoms with E-state index < -0.39 is 0 Å². The highest BCUT2D eigenvalue weighted by Crippen LogP contribution is 2.37. The summed E-state index contributed by atoms with van der Waals surface area (Å²) in [6.07, 6.45) is 8.10. The first-order chi connectivity index (χ1) is 8.20. The van der Waals surface area contributed by atoms with E-state index >= 15 is 0 Å². The lowest BCUT2D eigenvalue weighted by Gasteiger charge is -2.36. The topological polar surface area (TPSA) is 18.5 Å². The molecule has 2 aliphatic rings. The third-order valence-corrected chi connectivity index (χ3v) is 4.18. The number of hydrogen-bond acceptors (Lipinski definition) is 2. The number of allylic oxidation sites excluding steroid dienone is 2. The molecule has 2 rings (SSSR count). The van der Waals surface area contributed by atoms with Gasteiger partial charge in [-0.25, -0.2) is 0 Å². The molecule has 1 heterocycles. The number of fused-ring (bicyclic) bond motifs is 1. The maximum Gasteiger partial charge on any atom is 0.157 e. The summed E-state index contributed by atoms with van der Waals surface area (Å²) in [5.41, 5.74) is 2.90. The molecule has 1 fully saturated rings. The van der Waals surface area contributed by atoms with Crippen molar-refractivity contribution in [3.8, 4) is 0 Å². The SMILES string of the molecule is C=C1CC/C=C(\C)CC[C@@H]2C[C@@H](OC)OC[C@@H]12. The molecule has 2 nitrogen and oxygen atoms in total. The molecule has 17 heavy (non-hydrogen) atoms. The molecular weight excluding hydrogens is 212 g/mol. The molecule has 1 aliphatic carbocycles. The fraction of sp³-hybridized carbons (Fsp3) is 0.733. The summed E-state index contributed by atoms with van der Waals surface area (Å²) in [6, 6.07) is 0. The first kappa shape index (κ1) is 12.8. The van der Waals surface area contributed by atoms with E-state index in [0.29, 0.717) is 11.8 Å². The van der Waals surface area contributed by atoms with Crippen LogP contribution >= 0.6 is 0 Å². The summed E-state index contributed by atoms with van der Waals surface area (Å²) in [4.78, 5) is 0. The Balaban J connectivity index is 2.07. The average Bonchev–Trinajstić information content (AvgIpc) is 2.41. The second-order valence-corrected chi connectivity index (χ2v) is 5.39. The van der Waals surface area contributed by atoms with Crippen LogP contribution in [-0.2, 0) is 9.47 Å². The van der Waals surface area contributed by atoms with Crippen molar-refractivity contribution in [1.29, 1.82) is 0 Å². The number of hydrogen-bond donors (Lipinski definition) is 0. The van der Waals surface area contributed by atoms with Crippen LogP contribution in [-0.4, -0.2) is 20.0 Å². The third-order valence-electron chi connectivity index (χ3n) is 4.18. The molecule has 2 heteroatoms. The zero-order valence-electron chi connectivity index (χ0n) is 11.1. The van der Waals surface area contributed by atoms with Gasteiger partial charge in [0.2, 0.25) is 0 Å². The Morgan fingerprint density at radius 3 is 3.00 bits per heavy atom. The summed E-state index contributed by atoms with van der Waals surface area (Å²) in [5.74, 6) is 1.23. The van der Waals surface area contributed by atoms with Gasteiger partial charge >= 0.3 is 0 Å². The monoisotopic (exact) mass is 236 g/mol. The minimum absolute atomic E-state index is 0.00547. The van der Waals surface area contributed by atoms with Gasteiger partial charge in [-0.2, -0.15) is 0 Å². The van der Waals surface area contributed by atoms with Crippen LogP contribution in [0.4, 0.5) is 0 Å². The Kier molecular flexibility index (Phi) is 4.41. The van der Waals surface area contributed by atoms with Crippen LogP contribution in [0.25, 0.3) is 0 Å². The Bertz CT molecular complexity index is 306. The van der Waals surface area contributed by atoms with E-state index in [2.05, 4.69) is 19.6 Å². The van der Waals surface area contributed by atoms with Crippen molar-refractivity contribution < 1.29 is 9.47 Å². The van der Waals surface area contributed by atoms with Crippen molar-refractivity contribution >= 4 is 0 Å². The van der Waals surface area contributed by atoms with Crippen molar-refractivity contribution in [3.05, 3.63) is 23.8 Å². The fourth-order valence-electron chi connectivity index (χ4n) is 2.97. The molecule has 1 aliphatic heterocycles. The van der Waals surface area contributed by atoms with E-state index in [0.717, 1.165) is 25.9 Å². The Morgan fingerprint density at radius 1 is 1.41 bits per heavy atom. The van der Waals surface area contributed by atoms with Gasteiger partial charge in [-0.05, 0) is 38.5 Å². The number of methoxy groups -OCH3 is 1. The van der Waals surface area contributed by atoms with E-state index in [1.807, 2.05) is 0 Å². The third kappa shape index (κ3) is 3.20. The predicted octanol–water partition coefficient (Wildman–Crippen LogP) is 3.69. The lowest BCUT2D eigenvalue weighted by atomic mass is 9.79. The zero-order valence-corrected chi connectivity index (χ0v) is 11.1. The van der Waals surface area contributed by atoms with Crippen LogP contribution in [0.2, 0.25) is 0 Å². The summed E-state index contributed by atoms with van der Waals surface area (Å²) in [5, 5.41) is 0. The van der Waals surface area contributed by atoms with Crippen molar-refractivity contribution in [2.45, 2.75) is 45.3 Å². The van der Waals surface area contributed by atoms with Gasteiger partial charge in [0.25, 0.3) is 0 Å². The molecule has 0 N–H and O–H groups in total. The molecule has 0 aromatic heterocycles. The Hall–Kier alpha value is -0.600. The van der Waals surface area contributed by atoms with Gasteiger partial charge in [-0.1, -0.05) is 23.8 Å². The zero-order chi connectivity index (χ0) is 12.3. The number of ether oxygens (including phenoxy) is 2. The first-order valence-corrected chi connectivity index (χ1v) is 6.68. The molecule has 3 atom stereocenters. The van der Waals surface area contributed by atoms with Gasteiger partial charge in [-0.3, -0.25) is 0 Å². The standard InChI is InChI=1S/C15H24O2/c1-11-5-4-6-12(2)14-10-17-15(16-3)9-13(14)8-7-11/h5,13-15H,2,4,6-10H2,1,3H3/b11-5+/t13-,14+,15+/m1/s1. The lowest BCUT2D eigenvalue weighted by Crippen LogP contribution is -2.35. The van der Waals surface area contributed by atoms with Crippen LogP contribution in [0, 0.1) is 11.8 Å². The fourth-order valence-corrected chi connectivity index (χ4v) is 2.97. The highest BCUT2D eigenvalue weighted by atomic mass is 16.7. The van der Waals surface area contributed by atoms with Crippen LogP contribution in [0.3, 0.4) is 0 Å². The average molecular weight is 236 g/mol. The summed E-state index contributed by atoms with van der Waals surface area (Å²) >= 11 is 0. The molecule has 0 saturated carbocycles. The van der Waals surface area contributed by atoms with E-state index in [1.165, 1.54) is 24.0 Å². The van der Waals surface area contributed by atoms with Gasteiger partial charge in [-0.15, -0.1) is 0 Å². The smallest absolute Gasteiger partial charge is 0.157 e. The molecule has 1 saturated heterocycles. The molecular formula is C15H24O2. The lowest BCUT2D eigenvalue weighted by molar-refractivity contribution is -0.172. The van der Waals surface area contributed by atoms with Crippen molar-refractivity contribution in [2.75, 3.05) is 13.7 Å². The van der Waals surface area contributed by atoms with Crippen molar-refractivity contribution in [2.24, 2.45) is 11.8 Å². The maximum absolute atomic E-state index is 5.73. The Morgan fingerprint density at radius 2 is 2.24 bits per heavy atom. The molecule has 0 radical (unpaired) electrons. The molecule has 96 valence electrons. The summed E-state index contributed by atoms with van der Waals surface area (Å²) < 4.78 is 11.1. The molecule has 0 unspecified atom stereocenters. The highest BCUT2D eigenvalue weighted by molar-refractivity contribution is 5.10. The van der Waals surface area contributed by atoms with Gasteiger partial charge < -0.3 is 9.47 Å². The van der Waals surface area contributed by atoms with Gasteiger partial charge in [0.1, 0.15) is 0 Å². The van der Waals surface area contributed by atoms with E-state index in [-0.39, 0.29) is 6.29 Å². The van der Waals surface area contributed by atoms with E-state index in [4.69, 9.17) is 9.47 Å². The maximum atomic E-state index is 5.73. The van der Waals surface area contributed by atoms with Crippen LogP contribution in [0.15, 0.2) is 23.8 Å². The van der Waals surface area contributed by atoms with Crippen LogP contribution < -0.4 is 0 Å². The second-order valence-electron chi connectivity index (χ2n) is 5.39. The second kappa shape index (κ2) is 5.83. The quantitative estimate of drug-likeness (QED) is 0.646. The van der Waals surface area contributed by atoms with Crippen LogP contribution in [0.5, 0.6) is 0 Å². The van der Waals surface area contributed by atoms with Crippen molar-refractivity contribution in [3.63, 3.8) is 0 Å². The molecule has 0 amide bonds. The predicted molar refractivity (Wildman–Crippen MR) is 69.7 cm³/mol. The summed E-state index contributed by atoms with van der Waals surface area (Å²) in [7, 11) is 1.74. The van der Waals surface area contributed by atoms with Gasteiger partial charge in [0, 0.05) is 19.4 Å². The number of rotatable bonds is 1. The van der Waals surface area contributed by atoms with E-state index in [1.54, 1.807) is 7.11 Å². The normalized spacial score (nSPS) is 38.4. The largest absolute Gasteiger partial charge is 0.356 e. The Labute approximate surface area is 105 Å². The molecule has 0 aromatic rings. The van der Waals surface area contributed by atoms with Crippen molar-refractivity contribution in [1.82, 2.24) is 0 Å². The van der Waals surface area contributed by atoms with Gasteiger partial charge in [0.05, 0.1) is 6.61 Å². The minimum Gasteiger partial charge on any atom is -0.356 e. The van der Waals surface area contributed by atoms with Crippen LogP contribution in [0.1, 0.15) is 39.0 Å². The van der Waals surface area contributed by atoms with E-state index in [9.17, 15) is 0 Å². The highest BCUT2D eigenvalue weighted by Gasteiger charge is 2.32.